The molecule has 1 saturated carbocycles. The van der Waals surface area contributed by atoms with Crippen LogP contribution in [0.25, 0.3) is 0 Å². The molecule has 2 atom stereocenters. The van der Waals surface area contributed by atoms with Crippen LogP contribution in [0, 0.1) is 17.2 Å². The molecule has 4 heteroatoms. The number of aromatic nitrogens is 1. The Balaban J connectivity index is 2.11. The van der Waals surface area contributed by atoms with Crippen molar-refractivity contribution >= 4 is 0 Å². The average molecular weight is 231 g/mol. The van der Waals surface area contributed by atoms with Crippen molar-refractivity contribution in [3.05, 3.63) is 23.9 Å². The van der Waals surface area contributed by atoms with E-state index in [1.165, 1.54) is 6.42 Å². The monoisotopic (exact) mass is 231 g/mol. The van der Waals surface area contributed by atoms with Crippen molar-refractivity contribution < 1.29 is 4.74 Å². The molecular formula is C13H17N3O. The molecule has 0 spiro atoms. The zero-order valence-corrected chi connectivity index (χ0v) is 9.80. The fourth-order valence-corrected chi connectivity index (χ4v) is 2.31. The number of ether oxygens (including phenoxy) is 1. The summed E-state index contributed by atoms with van der Waals surface area (Å²) in [5.41, 5.74) is 6.25. The van der Waals surface area contributed by atoms with Crippen LogP contribution in [0.5, 0.6) is 5.88 Å². The van der Waals surface area contributed by atoms with E-state index in [4.69, 9.17) is 15.7 Å². The lowest BCUT2D eigenvalue weighted by molar-refractivity contribution is 0.0920. The number of hydrogen-bond acceptors (Lipinski definition) is 4. The van der Waals surface area contributed by atoms with Crippen LogP contribution < -0.4 is 10.5 Å². The second-order valence-electron chi connectivity index (χ2n) is 4.40. The van der Waals surface area contributed by atoms with Crippen LogP contribution in [0.3, 0.4) is 0 Å². The van der Waals surface area contributed by atoms with Gasteiger partial charge in [0.05, 0.1) is 0 Å². The molecule has 1 heterocycles. The Kier molecular flexibility index (Phi) is 3.94. The maximum Gasteiger partial charge on any atom is 0.231 e. The van der Waals surface area contributed by atoms with Gasteiger partial charge in [-0.05, 0) is 37.9 Å². The van der Waals surface area contributed by atoms with Crippen LogP contribution in [0.1, 0.15) is 31.2 Å². The first-order valence-corrected chi connectivity index (χ1v) is 6.07. The minimum absolute atomic E-state index is 0.107. The third-order valence-corrected chi connectivity index (χ3v) is 3.30. The minimum Gasteiger partial charge on any atom is -0.473 e. The lowest BCUT2D eigenvalue weighted by atomic mass is 9.86. The highest BCUT2D eigenvalue weighted by Gasteiger charge is 2.26. The molecule has 0 radical (unpaired) electrons. The van der Waals surface area contributed by atoms with Crippen LogP contribution in [-0.2, 0) is 0 Å². The van der Waals surface area contributed by atoms with Gasteiger partial charge in [0.1, 0.15) is 17.7 Å². The van der Waals surface area contributed by atoms with Crippen LogP contribution in [0.2, 0.25) is 0 Å². The maximum absolute atomic E-state index is 8.98. The Bertz CT molecular complexity index is 413. The smallest absolute Gasteiger partial charge is 0.231 e. The van der Waals surface area contributed by atoms with E-state index < -0.39 is 0 Å². The standard InChI is InChI=1S/C13H17N3O/c14-8-10-4-1-2-6-12(10)17-13-11(9-15)5-3-7-16-13/h3,5,7,10,12H,1-2,4,6,8,14H2. The van der Waals surface area contributed by atoms with E-state index in [1.807, 2.05) is 0 Å². The predicted molar refractivity (Wildman–Crippen MR) is 64.4 cm³/mol. The molecular weight excluding hydrogens is 214 g/mol. The summed E-state index contributed by atoms with van der Waals surface area (Å²) >= 11 is 0. The summed E-state index contributed by atoms with van der Waals surface area (Å²) in [6.07, 6.45) is 6.25. The summed E-state index contributed by atoms with van der Waals surface area (Å²) in [6.45, 7) is 0.638. The molecule has 17 heavy (non-hydrogen) atoms. The summed E-state index contributed by atoms with van der Waals surface area (Å²) in [6, 6.07) is 5.57. The second-order valence-corrected chi connectivity index (χ2v) is 4.40. The molecule has 4 nitrogen and oxygen atoms in total. The molecule has 1 fully saturated rings. The number of nitrogens with zero attached hydrogens (tertiary/aromatic N) is 2. The van der Waals surface area contributed by atoms with Gasteiger partial charge in [0.25, 0.3) is 0 Å². The molecule has 2 unspecified atom stereocenters. The summed E-state index contributed by atoms with van der Waals surface area (Å²) in [4.78, 5) is 4.13. The first-order valence-electron chi connectivity index (χ1n) is 6.07. The van der Waals surface area contributed by atoms with E-state index in [9.17, 15) is 0 Å². The fraction of sp³-hybridized carbons (Fsp3) is 0.538. The van der Waals surface area contributed by atoms with Gasteiger partial charge in [0, 0.05) is 12.1 Å². The quantitative estimate of drug-likeness (QED) is 0.861. The maximum atomic E-state index is 8.98. The van der Waals surface area contributed by atoms with Crippen molar-refractivity contribution in [2.45, 2.75) is 31.8 Å². The largest absolute Gasteiger partial charge is 0.473 e. The number of nitrogens with two attached hydrogens (primary N) is 1. The normalized spacial score (nSPS) is 24.0. The highest BCUT2D eigenvalue weighted by atomic mass is 16.5. The van der Waals surface area contributed by atoms with Crippen LogP contribution in [0.4, 0.5) is 0 Å². The molecule has 1 aliphatic carbocycles. The molecule has 0 bridgehead atoms. The topological polar surface area (TPSA) is 71.9 Å². The van der Waals surface area contributed by atoms with Gasteiger partial charge in [0.15, 0.2) is 0 Å². The van der Waals surface area contributed by atoms with E-state index in [1.54, 1.807) is 18.3 Å². The molecule has 0 amide bonds. The highest BCUT2D eigenvalue weighted by Crippen LogP contribution is 2.28. The Labute approximate surface area is 101 Å². The minimum atomic E-state index is 0.107. The van der Waals surface area contributed by atoms with Gasteiger partial charge in [-0.1, -0.05) is 6.42 Å². The van der Waals surface area contributed by atoms with E-state index in [2.05, 4.69) is 11.1 Å². The van der Waals surface area contributed by atoms with E-state index in [0.717, 1.165) is 19.3 Å². The molecule has 0 saturated heterocycles. The molecule has 0 aliphatic heterocycles. The lowest BCUT2D eigenvalue weighted by Crippen LogP contribution is -2.35. The first kappa shape index (κ1) is 11.9. The number of nitriles is 1. The predicted octanol–water partition coefficient (Wildman–Crippen LogP) is 1.85. The SMILES string of the molecule is N#Cc1cccnc1OC1CCCCC1CN. The number of hydrogen-bond donors (Lipinski definition) is 1. The van der Waals surface area contributed by atoms with Crippen molar-refractivity contribution in [1.29, 1.82) is 5.26 Å². The Morgan fingerprint density at radius 2 is 2.29 bits per heavy atom. The fourth-order valence-electron chi connectivity index (χ4n) is 2.31. The Hall–Kier alpha value is -1.60. The molecule has 1 aliphatic rings. The number of pyridine rings is 1. The Morgan fingerprint density at radius 1 is 1.47 bits per heavy atom. The summed E-state index contributed by atoms with van der Waals surface area (Å²) in [5.74, 6) is 0.831. The van der Waals surface area contributed by atoms with E-state index in [-0.39, 0.29) is 6.10 Å². The molecule has 90 valence electrons. The summed E-state index contributed by atoms with van der Waals surface area (Å²) < 4.78 is 5.87. The Morgan fingerprint density at radius 3 is 3.06 bits per heavy atom. The van der Waals surface area contributed by atoms with Gasteiger partial charge >= 0.3 is 0 Å². The molecule has 1 aromatic heterocycles. The lowest BCUT2D eigenvalue weighted by Gasteiger charge is -2.30. The highest BCUT2D eigenvalue weighted by molar-refractivity contribution is 5.37. The van der Waals surface area contributed by atoms with Crippen molar-refractivity contribution in [3.8, 4) is 11.9 Å². The second kappa shape index (κ2) is 5.65. The third-order valence-electron chi connectivity index (χ3n) is 3.30. The van der Waals surface area contributed by atoms with Gasteiger partial charge in [-0.3, -0.25) is 0 Å². The average Bonchev–Trinajstić information content (AvgIpc) is 2.40. The zero-order chi connectivity index (χ0) is 12.1. The van der Waals surface area contributed by atoms with Gasteiger partial charge < -0.3 is 10.5 Å². The van der Waals surface area contributed by atoms with Crippen LogP contribution in [-0.4, -0.2) is 17.6 Å². The summed E-state index contributed by atoms with van der Waals surface area (Å²) in [5, 5.41) is 8.98. The van der Waals surface area contributed by atoms with E-state index in [0.29, 0.717) is 23.9 Å². The van der Waals surface area contributed by atoms with Crippen molar-refractivity contribution in [1.82, 2.24) is 4.98 Å². The first-order chi connectivity index (χ1) is 8.35. The molecule has 2 N–H and O–H groups in total. The van der Waals surface area contributed by atoms with Gasteiger partial charge in [-0.25, -0.2) is 4.98 Å². The molecule has 2 rings (SSSR count). The number of rotatable bonds is 3. The van der Waals surface area contributed by atoms with Crippen molar-refractivity contribution in [2.75, 3.05) is 6.54 Å². The van der Waals surface area contributed by atoms with Gasteiger partial charge in [-0.15, -0.1) is 0 Å². The summed E-state index contributed by atoms with van der Waals surface area (Å²) in [7, 11) is 0. The molecule has 0 aromatic carbocycles. The zero-order valence-electron chi connectivity index (χ0n) is 9.80. The van der Waals surface area contributed by atoms with E-state index >= 15 is 0 Å². The van der Waals surface area contributed by atoms with Crippen molar-refractivity contribution in [2.24, 2.45) is 11.7 Å². The van der Waals surface area contributed by atoms with Gasteiger partial charge in [-0.2, -0.15) is 5.26 Å². The molecule has 1 aromatic rings. The third kappa shape index (κ3) is 2.75. The van der Waals surface area contributed by atoms with Crippen LogP contribution in [0.15, 0.2) is 18.3 Å². The van der Waals surface area contributed by atoms with Gasteiger partial charge in [0.2, 0.25) is 5.88 Å². The van der Waals surface area contributed by atoms with Crippen molar-refractivity contribution in [3.63, 3.8) is 0 Å². The van der Waals surface area contributed by atoms with Crippen LogP contribution >= 0.6 is 0 Å².